The lowest BCUT2D eigenvalue weighted by molar-refractivity contribution is -0.246. The maximum atomic E-state index is 14.1. The van der Waals surface area contributed by atoms with Gasteiger partial charge in [-0.1, -0.05) is 24.3 Å². The topological polar surface area (TPSA) is 52.9 Å². The number of para-hydroxylation sites is 1. The van der Waals surface area contributed by atoms with Gasteiger partial charge in [0, 0.05) is 12.1 Å². The van der Waals surface area contributed by atoms with Crippen LogP contribution in [0.2, 0.25) is 0 Å². The molecule has 0 saturated carbocycles. The lowest BCUT2D eigenvalue weighted by atomic mass is 10.0. The Morgan fingerprint density at radius 1 is 1.25 bits per heavy atom. The first-order valence-corrected chi connectivity index (χ1v) is 7.36. The van der Waals surface area contributed by atoms with E-state index in [0.29, 0.717) is 5.56 Å². The van der Waals surface area contributed by atoms with Crippen LogP contribution in [0.4, 0.5) is 18.9 Å². The number of alkyl halides is 2. The van der Waals surface area contributed by atoms with Crippen LogP contribution in [0.1, 0.15) is 24.2 Å². The Kier molecular flexibility index (Phi) is 4.15. The van der Waals surface area contributed by atoms with Gasteiger partial charge in [-0.15, -0.1) is 0 Å². The van der Waals surface area contributed by atoms with Crippen molar-refractivity contribution in [2.75, 3.05) is 4.90 Å². The van der Waals surface area contributed by atoms with Gasteiger partial charge in [0.15, 0.2) is 5.75 Å². The molecule has 7 heteroatoms. The van der Waals surface area contributed by atoms with E-state index >= 15 is 0 Å². The molecule has 2 aromatic rings. The van der Waals surface area contributed by atoms with Gasteiger partial charge in [0.05, 0.1) is 11.8 Å². The molecule has 0 bridgehead atoms. The predicted octanol–water partition coefficient (Wildman–Crippen LogP) is 3.19. The molecule has 0 amide bonds. The minimum absolute atomic E-state index is 0.145. The lowest BCUT2D eigenvalue weighted by Crippen LogP contribution is -2.54. The summed E-state index contributed by atoms with van der Waals surface area (Å²) in [7, 11) is 0. The second-order valence-corrected chi connectivity index (χ2v) is 5.67. The molecule has 2 atom stereocenters. The standard InChI is InChI=1S/C17H16F3NO3/c1-10(22)13-6-3-7-14-15(13)24-17(19,20)16(23)21(14)9-11-4-2-5-12(18)8-11/h2-8,10,16,22-23H,9H2,1H3. The van der Waals surface area contributed by atoms with Crippen LogP contribution in [-0.4, -0.2) is 22.5 Å². The first-order chi connectivity index (χ1) is 11.3. The molecule has 0 aliphatic carbocycles. The molecular formula is C17H16F3NO3. The second-order valence-electron chi connectivity index (χ2n) is 5.67. The summed E-state index contributed by atoms with van der Waals surface area (Å²) < 4.78 is 46.2. The molecule has 2 N–H and O–H groups in total. The maximum absolute atomic E-state index is 14.1. The zero-order valence-electron chi connectivity index (χ0n) is 12.8. The number of aliphatic hydroxyl groups is 2. The van der Waals surface area contributed by atoms with Crippen LogP contribution >= 0.6 is 0 Å². The highest BCUT2D eigenvalue weighted by atomic mass is 19.3. The Morgan fingerprint density at radius 3 is 2.62 bits per heavy atom. The van der Waals surface area contributed by atoms with Gasteiger partial charge in [0.2, 0.25) is 6.23 Å². The zero-order chi connectivity index (χ0) is 17.5. The fourth-order valence-corrected chi connectivity index (χ4v) is 2.71. The average molecular weight is 339 g/mol. The predicted molar refractivity (Wildman–Crippen MR) is 81.2 cm³/mol. The van der Waals surface area contributed by atoms with E-state index in [1.807, 2.05) is 0 Å². The number of nitrogens with zero attached hydrogens (tertiary/aromatic N) is 1. The molecule has 3 rings (SSSR count). The fourth-order valence-electron chi connectivity index (χ4n) is 2.71. The van der Waals surface area contributed by atoms with E-state index in [0.717, 1.165) is 4.90 Å². The van der Waals surface area contributed by atoms with E-state index in [9.17, 15) is 23.4 Å². The molecule has 0 radical (unpaired) electrons. The third-order valence-electron chi connectivity index (χ3n) is 3.86. The maximum Gasteiger partial charge on any atom is 0.444 e. The van der Waals surface area contributed by atoms with E-state index in [1.165, 1.54) is 37.3 Å². The van der Waals surface area contributed by atoms with Crippen LogP contribution in [-0.2, 0) is 6.54 Å². The Morgan fingerprint density at radius 2 is 1.96 bits per heavy atom. The van der Waals surface area contributed by atoms with Crippen LogP contribution in [0.3, 0.4) is 0 Å². The molecule has 0 aromatic heterocycles. The van der Waals surface area contributed by atoms with E-state index < -0.39 is 24.3 Å². The lowest BCUT2D eigenvalue weighted by Gasteiger charge is -2.40. The Labute approximate surface area is 136 Å². The number of benzene rings is 2. The number of hydrogen-bond acceptors (Lipinski definition) is 4. The summed E-state index contributed by atoms with van der Waals surface area (Å²) in [4.78, 5) is 1.03. The van der Waals surface area contributed by atoms with Crippen molar-refractivity contribution in [2.45, 2.75) is 31.9 Å². The molecule has 1 heterocycles. The van der Waals surface area contributed by atoms with Crippen LogP contribution in [0.25, 0.3) is 0 Å². The summed E-state index contributed by atoms with van der Waals surface area (Å²) in [6, 6.07) is 10.0. The van der Waals surface area contributed by atoms with Gasteiger partial charge >= 0.3 is 6.11 Å². The molecule has 1 aliphatic heterocycles. The molecule has 4 nitrogen and oxygen atoms in total. The summed E-state index contributed by atoms with van der Waals surface area (Å²) in [6.45, 7) is 1.28. The van der Waals surface area contributed by atoms with Crippen molar-refractivity contribution in [2.24, 2.45) is 0 Å². The minimum atomic E-state index is -3.87. The third-order valence-corrected chi connectivity index (χ3v) is 3.86. The van der Waals surface area contributed by atoms with Gasteiger partial charge in [-0.25, -0.2) is 4.39 Å². The number of hydrogen-bond donors (Lipinski definition) is 2. The van der Waals surface area contributed by atoms with Gasteiger partial charge in [0.25, 0.3) is 0 Å². The highest BCUT2D eigenvalue weighted by Crippen LogP contribution is 2.45. The van der Waals surface area contributed by atoms with Crippen molar-refractivity contribution in [3.05, 3.63) is 59.4 Å². The van der Waals surface area contributed by atoms with Crippen LogP contribution in [0.5, 0.6) is 5.75 Å². The number of aliphatic hydroxyl groups excluding tert-OH is 2. The monoisotopic (exact) mass is 339 g/mol. The largest absolute Gasteiger partial charge is 0.444 e. The van der Waals surface area contributed by atoms with Gasteiger partial charge in [-0.2, -0.15) is 8.78 Å². The number of rotatable bonds is 3. The number of anilines is 1. The fraction of sp³-hybridized carbons (Fsp3) is 0.294. The molecule has 0 saturated heterocycles. The molecule has 2 unspecified atom stereocenters. The van der Waals surface area contributed by atoms with Crippen LogP contribution in [0.15, 0.2) is 42.5 Å². The zero-order valence-corrected chi connectivity index (χ0v) is 12.8. The first kappa shape index (κ1) is 16.6. The summed E-state index contributed by atoms with van der Waals surface area (Å²) in [6.07, 6.45) is -7.13. The van der Waals surface area contributed by atoms with E-state index in [4.69, 9.17) is 0 Å². The van der Waals surface area contributed by atoms with Crippen molar-refractivity contribution in [1.82, 2.24) is 0 Å². The molecule has 0 fully saturated rings. The highest BCUT2D eigenvalue weighted by Gasteiger charge is 2.50. The van der Waals surface area contributed by atoms with Crippen molar-refractivity contribution in [3.8, 4) is 5.75 Å². The first-order valence-electron chi connectivity index (χ1n) is 7.36. The number of fused-ring (bicyclic) bond motifs is 1. The molecule has 1 aliphatic rings. The summed E-state index contributed by atoms with van der Waals surface area (Å²) in [5.41, 5.74) is 0.805. The van der Waals surface area contributed by atoms with Crippen LogP contribution < -0.4 is 9.64 Å². The molecule has 24 heavy (non-hydrogen) atoms. The quantitative estimate of drug-likeness (QED) is 0.902. The van der Waals surface area contributed by atoms with E-state index in [1.54, 1.807) is 12.1 Å². The Bertz CT molecular complexity index is 752. The molecule has 128 valence electrons. The minimum Gasteiger partial charge on any atom is -0.427 e. The smallest absolute Gasteiger partial charge is 0.427 e. The summed E-state index contributed by atoms with van der Waals surface area (Å²) in [5, 5.41) is 19.8. The SMILES string of the molecule is CC(O)c1cccc2c1OC(F)(F)C(O)N2Cc1cccc(F)c1. The van der Waals surface area contributed by atoms with Crippen molar-refractivity contribution >= 4 is 5.69 Å². The van der Waals surface area contributed by atoms with Crippen molar-refractivity contribution in [3.63, 3.8) is 0 Å². The Hall–Kier alpha value is -2.25. The van der Waals surface area contributed by atoms with E-state index in [-0.39, 0.29) is 23.5 Å². The normalized spacial score (nSPS) is 20.2. The van der Waals surface area contributed by atoms with Gasteiger partial charge in [-0.05, 0) is 30.7 Å². The van der Waals surface area contributed by atoms with Crippen molar-refractivity contribution in [1.29, 1.82) is 0 Å². The summed E-state index contributed by atoms with van der Waals surface area (Å²) in [5.74, 6) is -0.695. The number of halogens is 3. The van der Waals surface area contributed by atoms with Crippen molar-refractivity contribution < 1.29 is 28.1 Å². The Balaban J connectivity index is 2.07. The third kappa shape index (κ3) is 2.92. The summed E-state index contributed by atoms with van der Waals surface area (Å²) >= 11 is 0. The number of ether oxygens (including phenoxy) is 1. The average Bonchev–Trinajstić information content (AvgIpc) is 2.51. The van der Waals surface area contributed by atoms with Gasteiger partial charge < -0.3 is 19.8 Å². The molecular weight excluding hydrogens is 323 g/mol. The van der Waals surface area contributed by atoms with E-state index in [2.05, 4.69) is 4.74 Å². The van der Waals surface area contributed by atoms with Gasteiger partial charge in [0.1, 0.15) is 5.82 Å². The molecule has 2 aromatic carbocycles. The van der Waals surface area contributed by atoms with Gasteiger partial charge in [-0.3, -0.25) is 0 Å². The second kappa shape index (κ2) is 5.99. The highest BCUT2D eigenvalue weighted by molar-refractivity contribution is 5.64. The molecule has 0 spiro atoms. The van der Waals surface area contributed by atoms with Crippen LogP contribution in [0, 0.1) is 5.82 Å².